The quantitative estimate of drug-likeness (QED) is 0.448. The number of nitrogens with zero attached hydrogens (tertiary/aromatic N) is 2. The Kier molecular flexibility index (Phi) is 5.87. The Morgan fingerprint density at radius 2 is 1.96 bits per heavy atom. The van der Waals surface area contributed by atoms with E-state index in [2.05, 4.69) is 0 Å². The van der Waals surface area contributed by atoms with E-state index in [0.717, 1.165) is 18.2 Å². The monoisotopic (exact) mass is 412 g/mol. The van der Waals surface area contributed by atoms with Crippen molar-refractivity contribution in [3.05, 3.63) is 72.6 Å². The summed E-state index contributed by atoms with van der Waals surface area (Å²) in [4.78, 5) is 9.44. The van der Waals surface area contributed by atoms with Gasteiger partial charge in [-0.25, -0.2) is 8.42 Å². The van der Waals surface area contributed by atoms with E-state index in [4.69, 9.17) is 23.2 Å². The summed E-state index contributed by atoms with van der Waals surface area (Å²) in [5.41, 5.74) is -0.264. The van der Waals surface area contributed by atoms with Crippen molar-refractivity contribution in [2.24, 2.45) is 0 Å². The maximum atomic E-state index is 12.5. The predicted octanol–water partition coefficient (Wildman–Crippen LogP) is 4.09. The van der Waals surface area contributed by atoms with Gasteiger partial charge in [-0.15, -0.1) is 0 Å². The van der Waals surface area contributed by atoms with Gasteiger partial charge in [-0.2, -0.15) is 5.26 Å². The van der Waals surface area contributed by atoms with Crippen LogP contribution in [0.2, 0.25) is 10.0 Å². The molecule has 10 heteroatoms. The number of halogens is 2. The van der Waals surface area contributed by atoms with Crippen LogP contribution in [0.15, 0.2) is 41.3 Å². The Balaban J connectivity index is 2.43. The van der Waals surface area contributed by atoms with E-state index in [1.54, 1.807) is 6.07 Å². The zero-order valence-corrected chi connectivity index (χ0v) is 15.2. The highest BCUT2D eigenvalue weighted by molar-refractivity contribution is 7.95. The molecule has 0 aliphatic rings. The number of aromatic hydroxyl groups is 1. The molecule has 0 amide bonds. The highest BCUT2D eigenvalue weighted by Gasteiger charge is 2.21. The largest absolute Gasteiger partial charge is 0.502 e. The van der Waals surface area contributed by atoms with Gasteiger partial charge in [-0.05, 0) is 35.4 Å². The Bertz CT molecular complexity index is 1060. The highest BCUT2D eigenvalue weighted by atomic mass is 35.5. The summed E-state index contributed by atoms with van der Waals surface area (Å²) in [6.45, 7) is 0. The van der Waals surface area contributed by atoms with Crippen LogP contribution in [-0.2, 0) is 15.6 Å². The zero-order chi connectivity index (χ0) is 19.5. The van der Waals surface area contributed by atoms with Gasteiger partial charge in [0.05, 0.1) is 10.7 Å². The summed E-state index contributed by atoms with van der Waals surface area (Å²) in [5, 5.41) is 30.0. The summed E-state index contributed by atoms with van der Waals surface area (Å²) >= 11 is 11.7. The van der Waals surface area contributed by atoms with Crippen LogP contribution in [0.5, 0.6) is 5.75 Å². The standard InChI is InChI=1S/C16H10Cl2N2O5S/c17-12-3-2-11(14(18)7-12)9-26(24,25)13(8-19)5-10-1-4-16(21)15(6-10)20(22)23/h1-7,21H,9H2/b13-5-. The fourth-order valence-electron chi connectivity index (χ4n) is 2.04. The Morgan fingerprint density at radius 1 is 1.27 bits per heavy atom. The van der Waals surface area contributed by atoms with E-state index < -0.39 is 36.9 Å². The van der Waals surface area contributed by atoms with Crippen LogP contribution in [-0.4, -0.2) is 18.4 Å². The van der Waals surface area contributed by atoms with Gasteiger partial charge >= 0.3 is 5.69 Å². The fourth-order valence-corrected chi connectivity index (χ4v) is 3.87. The van der Waals surface area contributed by atoms with E-state index in [0.29, 0.717) is 5.02 Å². The molecule has 0 spiro atoms. The minimum atomic E-state index is -4.06. The van der Waals surface area contributed by atoms with Crippen LogP contribution in [0.4, 0.5) is 5.69 Å². The van der Waals surface area contributed by atoms with Crippen LogP contribution >= 0.6 is 23.2 Å². The van der Waals surface area contributed by atoms with Crippen molar-refractivity contribution < 1.29 is 18.4 Å². The van der Waals surface area contributed by atoms with E-state index in [1.807, 2.05) is 0 Å². The lowest BCUT2D eigenvalue weighted by Crippen LogP contribution is -2.07. The molecule has 0 saturated heterocycles. The third kappa shape index (κ3) is 4.52. The molecule has 7 nitrogen and oxygen atoms in total. The van der Waals surface area contributed by atoms with Crippen molar-refractivity contribution in [3.63, 3.8) is 0 Å². The maximum Gasteiger partial charge on any atom is 0.311 e. The number of sulfone groups is 1. The van der Waals surface area contributed by atoms with Gasteiger partial charge in [0.25, 0.3) is 0 Å². The molecule has 0 atom stereocenters. The van der Waals surface area contributed by atoms with Crippen molar-refractivity contribution in [1.82, 2.24) is 0 Å². The molecule has 26 heavy (non-hydrogen) atoms. The number of nitro groups is 1. The normalized spacial score (nSPS) is 11.8. The number of allylic oxidation sites excluding steroid dienone is 1. The number of phenolic OH excluding ortho intramolecular Hbond substituents is 1. The molecule has 1 N–H and O–H groups in total. The lowest BCUT2D eigenvalue weighted by Gasteiger charge is -2.06. The smallest absolute Gasteiger partial charge is 0.311 e. The number of rotatable bonds is 5. The predicted molar refractivity (Wildman–Crippen MR) is 97.4 cm³/mol. The van der Waals surface area contributed by atoms with Gasteiger partial charge < -0.3 is 5.11 Å². The molecule has 0 aliphatic carbocycles. The zero-order valence-electron chi connectivity index (χ0n) is 12.9. The lowest BCUT2D eigenvalue weighted by molar-refractivity contribution is -0.385. The molecule has 0 aromatic heterocycles. The van der Waals surface area contributed by atoms with E-state index in [9.17, 15) is 28.9 Å². The van der Waals surface area contributed by atoms with Crippen molar-refractivity contribution in [1.29, 1.82) is 5.26 Å². The molecule has 0 aliphatic heterocycles. The first-order chi connectivity index (χ1) is 12.1. The number of nitriles is 1. The molecule has 0 unspecified atom stereocenters. The first kappa shape index (κ1) is 19.7. The topological polar surface area (TPSA) is 121 Å². The number of hydrogen-bond acceptors (Lipinski definition) is 6. The average Bonchev–Trinajstić information content (AvgIpc) is 2.56. The lowest BCUT2D eigenvalue weighted by atomic mass is 10.2. The Labute approximate surface area is 158 Å². The molecule has 2 aromatic rings. The molecule has 0 fully saturated rings. The van der Waals surface area contributed by atoms with Gasteiger partial charge in [0.1, 0.15) is 11.0 Å². The number of hydrogen-bond donors (Lipinski definition) is 1. The van der Waals surface area contributed by atoms with Crippen LogP contribution in [0.25, 0.3) is 6.08 Å². The van der Waals surface area contributed by atoms with Crippen molar-refractivity contribution >= 4 is 44.8 Å². The molecule has 2 aromatic carbocycles. The Morgan fingerprint density at radius 3 is 2.54 bits per heavy atom. The molecule has 0 radical (unpaired) electrons. The second-order valence-corrected chi connectivity index (χ2v) is 7.92. The van der Waals surface area contributed by atoms with Crippen molar-refractivity contribution in [2.45, 2.75) is 5.75 Å². The molecule has 0 heterocycles. The van der Waals surface area contributed by atoms with Gasteiger partial charge in [0.2, 0.25) is 0 Å². The third-order valence-electron chi connectivity index (χ3n) is 3.30. The minimum Gasteiger partial charge on any atom is -0.502 e. The van der Waals surface area contributed by atoms with Crippen LogP contribution in [0, 0.1) is 21.4 Å². The van der Waals surface area contributed by atoms with Gasteiger partial charge in [-0.1, -0.05) is 35.3 Å². The van der Waals surface area contributed by atoms with Crippen LogP contribution < -0.4 is 0 Å². The van der Waals surface area contributed by atoms with Gasteiger partial charge in [-0.3, -0.25) is 10.1 Å². The van der Waals surface area contributed by atoms with Crippen LogP contribution in [0.3, 0.4) is 0 Å². The molecule has 0 saturated carbocycles. The molecular formula is C16H10Cl2N2O5S. The first-order valence-corrected chi connectivity index (χ1v) is 9.31. The average molecular weight is 413 g/mol. The molecule has 134 valence electrons. The van der Waals surface area contributed by atoms with Crippen molar-refractivity contribution in [2.75, 3.05) is 0 Å². The highest BCUT2D eigenvalue weighted by Crippen LogP contribution is 2.29. The van der Waals surface area contributed by atoms with E-state index in [-0.39, 0.29) is 16.1 Å². The minimum absolute atomic E-state index is 0.0804. The van der Waals surface area contributed by atoms with E-state index in [1.165, 1.54) is 24.3 Å². The summed E-state index contributed by atoms with van der Waals surface area (Å²) < 4.78 is 25.0. The number of benzene rings is 2. The maximum absolute atomic E-state index is 12.5. The second-order valence-electron chi connectivity index (χ2n) is 5.12. The van der Waals surface area contributed by atoms with E-state index >= 15 is 0 Å². The number of phenols is 1. The molecular weight excluding hydrogens is 403 g/mol. The summed E-state index contributed by atoms with van der Waals surface area (Å²) in [5.74, 6) is -1.11. The second kappa shape index (κ2) is 7.74. The first-order valence-electron chi connectivity index (χ1n) is 6.90. The summed E-state index contributed by atoms with van der Waals surface area (Å²) in [6, 6.07) is 9.13. The SMILES string of the molecule is N#C/C(=C/c1ccc(O)c([N+](=O)[O-])c1)S(=O)(=O)Cc1ccc(Cl)cc1Cl. The van der Waals surface area contributed by atoms with Gasteiger partial charge in [0, 0.05) is 16.1 Å². The Hall–Kier alpha value is -2.60. The fraction of sp³-hybridized carbons (Fsp3) is 0.0625. The third-order valence-corrected chi connectivity index (χ3v) is 5.46. The summed E-state index contributed by atoms with van der Waals surface area (Å²) in [7, 11) is -4.06. The molecule has 2 rings (SSSR count). The number of nitro benzene ring substituents is 1. The van der Waals surface area contributed by atoms with Crippen LogP contribution in [0.1, 0.15) is 11.1 Å². The summed E-state index contributed by atoms with van der Waals surface area (Å²) in [6.07, 6.45) is 0.992. The molecule has 0 bridgehead atoms. The van der Waals surface area contributed by atoms with Crippen molar-refractivity contribution in [3.8, 4) is 11.8 Å². The van der Waals surface area contributed by atoms with Gasteiger partial charge in [0.15, 0.2) is 15.6 Å².